The van der Waals surface area contributed by atoms with Crippen LogP contribution < -0.4 is 4.90 Å². The molecule has 12 aromatic rings. The van der Waals surface area contributed by atoms with E-state index in [0.29, 0.717) is 0 Å². The third kappa shape index (κ3) is 7.60. The van der Waals surface area contributed by atoms with Crippen molar-refractivity contribution in [3.05, 3.63) is 200 Å². The van der Waals surface area contributed by atoms with Crippen LogP contribution in [0.25, 0.3) is 99.3 Å². The molecule has 0 bridgehead atoms. The minimum absolute atomic E-state index is 0.905. The van der Waals surface area contributed by atoms with Gasteiger partial charge in [0.2, 0.25) is 0 Å². The van der Waals surface area contributed by atoms with E-state index in [-0.39, 0.29) is 0 Å². The van der Waals surface area contributed by atoms with E-state index < -0.39 is 0 Å². The van der Waals surface area contributed by atoms with Crippen molar-refractivity contribution in [2.24, 2.45) is 0 Å². The minimum atomic E-state index is 0.905. The second-order valence-corrected chi connectivity index (χ2v) is 17.2. The van der Waals surface area contributed by atoms with E-state index in [1.54, 1.807) is 0 Å². The minimum Gasteiger partial charge on any atom is -0.460 e. The van der Waals surface area contributed by atoms with E-state index in [0.717, 1.165) is 80.7 Å². The lowest BCUT2D eigenvalue weighted by atomic mass is 9.98. The first-order valence-electron chi connectivity index (χ1n) is 24.5. The summed E-state index contributed by atoms with van der Waals surface area (Å²) in [4.78, 5) is 2.42. The van der Waals surface area contributed by atoms with Crippen LogP contribution in [0.3, 0.4) is 0 Å². The van der Waals surface area contributed by atoms with Crippen molar-refractivity contribution < 1.29 is 8.83 Å². The summed E-state index contributed by atoms with van der Waals surface area (Å²) >= 11 is 0. The molecule has 0 amide bonds. The molecule has 0 aliphatic heterocycles. The number of anilines is 3. The predicted octanol–water partition coefficient (Wildman–Crippen LogP) is 19.7. The summed E-state index contributed by atoms with van der Waals surface area (Å²) in [7, 11) is 0. The number of furan rings is 2. The number of aryl methyl sites for hydroxylation is 1. The Morgan fingerprint density at radius 3 is 1.84 bits per heavy atom. The molecule has 0 unspecified atom stereocenters. The van der Waals surface area contributed by atoms with E-state index >= 15 is 0 Å². The van der Waals surface area contributed by atoms with Crippen molar-refractivity contribution in [3.63, 3.8) is 0 Å². The molecule has 68 heavy (non-hydrogen) atoms. The van der Waals surface area contributed by atoms with Crippen molar-refractivity contribution >= 4 is 94.1 Å². The van der Waals surface area contributed by atoms with E-state index in [2.05, 4.69) is 207 Å². The summed E-state index contributed by atoms with van der Waals surface area (Å²) in [6.07, 6.45) is 12.0. The molecular weight excluding hydrogens is 829 g/mol. The lowest BCUT2D eigenvalue weighted by Crippen LogP contribution is -2.11. The van der Waals surface area contributed by atoms with Gasteiger partial charge in [0.25, 0.3) is 0 Å². The molecule has 1 aliphatic rings. The molecule has 0 N–H and O–H groups in total. The van der Waals surface area contributed by atoms with Crippen LogP contribution in [0.15, 0.2) is 197 Å². The first kappa shape index (κ1) is 44.0. The third-order valence-corrected chi connectivity index (χ3v) is 13.2. The standard InChI is InChI=1S/C54H34N2O2.C4H10.C4H8.C2H6/c1-4-18-47-39(10-1)42-14-8-15-43-44-16-9-19-48(53(44)56(47)52(42)43)55(36-27-22-33(23-28-36)35-26-31-51-46(32-35)41-12-3-5-20-49(41)57-51)37-29-24-34(25-30-37)38-13-7-17-45-40-11-2-6-21-50(40)58-54(38)45;2*1-3-4-2;1-2/h1-4,6-19,21-32H,5,20H2;3-4H2,1-2H3;3H,1,4H2,2H3;1-2H3. The molecule has 0 fully saturated rings. The lowest BCUT2D eigenvalue weighted by molar-refractivity contribution is 0.546. The number of fused-ring (bicyclic) bond motifs is 12. The number of benzene rings is 8. The first-order valence-corrected chi connectivity index (χ1v) is 24.5. The fourth-order valence-corrected chi connectivity index (χ4v) is 9.76. The summed E-state index contributed by atoms with van der Waals surface area (Å²) < 4.78 is 15.2. The van der Waals surface area contributed by atoms with Gasteiger partial charge in [-0.2, -0.15) is 0 Å². The summed E-state index contributed by atoms with van der Waals surface area (Å²) in [5, 5.41) is 8.50. The summed E-state index contributed by atoms with van der Waals surface area (Å²) in [6.45, 7) is 13.9. The zero-order valence-corrected chi connectivity index (χ0v) is 39.9. The zero-order valence-electron chi connectivity index (χ0n) is 39.9. The number of aromatic nitrogens is 1. The number of nitrogens with zero attached hydrogens (tertiary/aromatic N) is 2. The molecule has 336 valence electrons. The van der Waals surface area contributed by atoms with Gasteiger partial charge in [-0.1, -0.05) is 181 Å². The Morgan fingerprint density at radius 2 is 1.12 bits per heavy atom. The molecule has 4 aromatic heterocycles. The molecule has 4 nitrogen and oxygen atoms in total. The number of rotatable bonds is 7. The number of para-hydroxylation sites is 5. The van der Waals surface area contributed by atoms with Crippen LogP contribution in [0.2, 0.25) is 0 Å². The van der Waals surface area contributed by atoms with Gasteiger partial charge >= 0.3 is 0 Å². The maximum Gasteiger partial charge on any atom is 0.143 e. The van der Waals surface area contributed by atoms with Crippen molar-refractivity contribution in [2.45, 2.75) is 66.7 Å². The molecular formula is C64H58N2O2. The van der Waals surface area contributed by atoms with Crippen LogP contribution in [0.4, 0.5) is 17.1 Å². The molecule has 8 aromatic carbocycles. The smallest absolute Gasteiger partial charge is 0.143 e. The lowest BCUT2D eigenvalue weighted by Gasteiger charge is -2.27. The Balaban J connectivity index is 0.000000498. The average Bonchev–Trinajstić information content (AvgIpc) is 4.17. The van der Waals surface area contributed by atoms with E-state index in [1.165, 1.54) is 73.0 Å². The van der Waals surface area contributed by atoms with Crippen LogP contribution in [0.5, 0.6) is 0 Å². The van der Waals surface area contributed by atoms with Crippen molar-refractivity contribution in [2.75, 3.05) is 4.90 Å². The monoisotopic (exact) mass is 886 g/mol. The van der Waals surface area contributed by atoms with Gasteiger partial charge in [0, 0.05) is 66.6 Å². The fourth-order valence-electron chi connectivity index (χ4n) is 9.76. The van der Waals surface area contributed by atoms with E-state index in [9.17, 15) is 0 Å². The highest BCUT2D eigenvalue weighted by Gasteiger charge is 2.24. The Morgan fingerprint density at radius 1 is 0.544 bits per heavy atom. The van der Waals surface area contributed by atoms with Gasteiger partial charge in [-0.05, 0) is 84.1 Å². The largest absolute Gasteiger partial charge is 0.460 e. The summed E-state index contributed by atoms with van der Waals surface area (Å²) in [5.74, 6) is 1.09. The zero-order chi connectivity index (χ0) is 46.7. The second-order valence-electron chi connectivity index (χ2n) is 17.2. The molecule has 4 heterocycles. The van der Waals surface area contributed by atoms with Crippen LogP contribution in [0.1, 0.15) is 71.6 Å². The third-order valence-electron chi connectivity index (χ3n) is 13.2. The SMILES string of the molecule is C1=Cc2c(oc3ccc(-c4ccc(N(c5ccc(-c6cccc7c6oc6ccccc67)cc5)c5cccc6c7cccc8c9ccccc9n(c56)c87)cc4)cc23)CC1.C=CCC.CC.CCCC. The number of allylic oxidation sites excluding steroid dienone is 2. The van der Waals surface area contributed by atoms with Gasteiger partial charge in [-0.15, -0.1) is 6.58 Å². The molecule has 1 aliphatic carbocycles. The molecule has 0 radical (unpaired) electrons. The van der Waals surface area contributed by atoms with E-state index in [1.807, 2.05) is 32.1 Å². The highest BCUT2D eigenvalue weighted by atomic mass is 16.3. The van der Waals surface area contributed by atoms with Crippen molar-refractivity contribution in [1.29, 1.82) is 0 Å². The van der Waals surface area contributed by atoms with Gasteiger partial charge in [-0.3, -0.25) is 0 Å². The summed E-state index contributed by atoms with van der Waals surface area (Å²) in [6, 6.07) is 61.6. The normalized spacial score (nSPS) is 12.0. The van der Waals surface area contributed by atoms with Gasteiger partial charge in [0.15, 0.2) is 0 Å². The van der Waals surface area contributed by atoms with Gasteiger partial charge in [0.05, 0.1) is 22.2 Å². The highest BCUT2D eigenvalue weighted by molar-refractivity contribution is 6.25. The second kappa shape index (κ2) is 19.2. The Kier molecular flexibility index (Phi) is 12.4. The molecule has 4 heteroatoms. The summed E-state index contributed by atoms with van der Waals surface area (Å²) in [5.41, 5.74) is 15.5. The molecule has 0 spiro atoms. The highest BCUT2D eigenvalue weighted by Crippen LogP contribution is 2.47. The Hall–Kier alpha value is -7.82. The van der Waals surface area contributed by atoms with Crippen LogP contribution in [-0.2, 0) is 6.42 Å². The molecule has 13 rings (SSSR count). The predicted molar refractivity (Wildman–Crippen MR) is 293 cm³/mol. The van der Waals surface area contributed by atoms with Crippen molar-refractivity contribution in [3.8, 4) is 22.3 Å². The van der Waals surface area contributed by atoms with Gasteiger partial charge in [0.1, 0.15) is 22.5 Å². The topological polar surface area (TPSA) is 33.9 Å². The Labute approximate surface area is 399 Å². The Bertz CT molecular complexity index is 3730. The van der Waals surface area contributed by atoms with E-state index in [4.69, 9.17) is 8.83 Å². The maximum atomic E-state index is 6.46. The average molecular weight is 887 g/mol. The molecule has 0 atom stereocenters. The fraction of sp³-hybridized carbons (Fsp3) is 0.156. The number of unbranched alkanes of at least 4 members (excludes halogenated alkanes) is 1. The number of hydrogen-bond acceptors (Lipinski definition) is 3. The molecule has 0 saturated heterocycles. The quantitative estimate of drug-likeness (QED) is 0.150. The van der Waals surface area contributed by atoms with Crippen LogP contribution >= 0.6 is 0 Å². The van der Waals surface area contributed by atoms with Gasteiger partial charge < -0.3 is 18.1 Å². The van der Waals surface area contributed by atoms with Crippen LogP contribution in [-0.4, -0.2) is 4.40 Å². The number of hydrogen-bond donors (Lipinski definition) is 0. The van der Waals surface area contributed by atoms with Crippen LogP contribution in [0, 0.1) is 0 Å². The van der Waals surface area contributed by atoms with Gasteiger partial charge in [-0.25, -0.2) is 0 Å². The molecule has 0 saturated carbocycles. The van der Waals surface area contributed by atoms with Crippen molar-refractivity contribution in [1.82, 2.24) is 4.40 Å². The maximum absolute atomic E-state index is 6.46. The first-order chi connectivity index (χ1) is 33.6.